The zero-order valence-electron chi connectivity index (χ0n) is 11.3. The Morgan fingerprint density at radius 3 is 2.72 bits per heavy atom. The van der Waals surface area contributed by atoms with Crippen LogP contribution in [0.1, 0.15) is 49.8 Å². The van der Waals surface area contributed by atoms with E-state index in [0.717, 1.165) is 23.0 Å². The van der Waals surface area contributed by atoms with Crippen LogP contribution in [-0.2, 0) is 0 Å². The Kier molecular flexibility index (Phi) is 3.06. The van der Waals surface area contributed by atoms with Crippen molar-refractivity contribution in [2.75, 3.05) is 0 Å². The molecule has 18 heavy (non-hydrogen) atoms. The lowest BCUT2D eigenvalue weighted by Gasteiger charge is -2.27. The first-order valence-electron chi connectivity index (χ1n) is 7.19. The van der Waals surface area contributed by atoms with Crippen LogP contribution < -0.4 is 5.32 Å². The first-order valence-corrected chi connectivity index (χ1v) is 7.19. The van der Waals surface area contributed by atoms with Crippen molar-refractivity contribution in [2.24, 2.45) is 11.8 Å². The fraction of sp³-hybridized carbons (Fsp3) is 0.625. The molecular weight excluding hydrogens is 222 g/mol. The monoisotopic (exact) mass is 245 g/mol. The lowest BCUT2D eigenvalue weighted by atomic mass is 9.94. The molecule has 98 valence electrons. The van der Waals surface area contributed by atoms with E-state index >= 15 is 0 Å². The molecule has 3 rings (SSSR count). The molecule has 1 aromatic rings. The largest absolute Gasteiger partial charge is 0.508 e. The van der Waals surface area contributed by atoms with Crippen LogP contribution in [0.5, 0.6) is 5.75 Å². The van der Waals surface area contributed by atoms with Gasteiger partial charge in [0.05, 0.1) is 0 Å². The molecule has 1 aromatic carbocycles. The summed E-state index contributed by atoms with van der Waals surface area (Å²) in [5.41, 5.74) is 2.15. The van der Waals surface area contributed by atoms with Crippen LogP contribution in [0.15, 0.2) is 18.2 Å². The van der Waals surface area contributed by atoms with E-state index in [1.807, 2.05) is 13.0 Å². The minimum atomic E-state index is 0.245. The van der Waals surface area contributed by atoms with E-state index in [1.54, 1.807) is 0 Å². The molecule has 0 spiro atoms. The third kappa shape index (κ3) is 2.14. The van der Waals surface area contributed by atoms with Crippen molar-refractivity contribution in [3.63, 3.8) is 0 Å². The van der Waals surface area contributed by atoms with E-state index in [4.69, 9.17) is 0 Å². The van der Waals surface area contributed by atoms with Gasteiger partial charge in [-0.2, -0.15) is 0 Å². The van der Waals surface area contributed by atoms with Crippen LogP contribution in [0.2, 0.25) is 0 Å². The van der Waals surface area contributed by atoms with Crippen molar-refractivity contribution in [1.82, 2.24) is 5.32 Å². The number of aromatic hydroxyl groups is 1. The van der Waals surface area contributed by atoms with E-state index in [1.165, 1.54) is 25.7 Å². The number of hydrogen-bond acceptors (Lipinski definition) is 2. The highest BCUT2D eigenvalue weighted by atomic mass is 16.3. The number of benzene rings is 1. The van der Waals surface area contributed by atoms with Crippen LogP contribution in [0.3, 0.4) is 0 Å². The number of rotatable bonds is 3. The predicted molar refractivity (Wildman–Crippen MR) is 73.6 cm³/mol. The average molecular weight is 245 g/mol. The molecule has 2 nitrogen and oxygen atoms in total. The van der Waals surface area contributed by atoms with Crippen molar-refractivity contribution in [2.45, 2.75) is 51.6 Å². The second-order valence-corrected chi connectivity index (χ2v) is 6.23. The summed E-state index contributed by atoms with van der Waals surface area (Å²) in [6.07, 6.45) is 5.59. The van der Waals surface area contributed by atoms with Crippen LogP contribution in [0, 0.1) is 18.8 Å². The van der Waals surface area contributed by atoms with Gasteiger partial charge < -0.3 is 10.4 Å². The maximum Gasteiger partial charge on any atom is 0.120 e. The molecule has 0 radical (unpaired) electrons. The molecule has 2 saturated carbocycles. The Hall–Kier alpha value is -1.02. The van der Waals surface area contributed by atoms with Crippen molar-refractivity contribution in [1.29, 1.82) is 0 Å². The summed E-state index contributed by atoms with van der Waals surface area (Å²) < 4.78 is 0. The maximum atomic E-state index is 10.0. The highest BCUT2D eigenvalue weighted by Crippen LogP contribution is 2.45. The summed E-state index contributed by atoms with van der Waals surface area (Å²) in [5.74, 6) is 2.27. The van der Waals surface area contributed by atoms with Gasteiger partial charge in [0.15, 0.2) is 0 Å². The summed E-state index contributed by atoms with van der Waals surface area (Å²) in [4.78, 5) is 0. The first kappa shape index (κ1) is 12.0. The molecule has 4 atom stereocenters. The van der Waals surface area contributed by atoms with E-state index < -0.39 is 0 Å². The van der Waals surface area contributed by atoms with Gasteiger partial charge in [0.25, 0.3) is 0 Å². The predicted octanol–water partition coefficient (Wildman–Crippen LogP) is 3.54. The minimum absolute atomic E-state index is 0.245. The fourth-order valence-corrected chi connectivity index (χ4v) is 3.88. The highest BCUT2D eigenvalue weighted by Gasteiger charge is 2.39. The molecule has 4 unspecified atom stereocenters. The SMILES string of the molecule is Cc1ccc(C(C)NC2CC3CCC2C3)c(O)c1. The molecule has 0 heterocycles. The van der Waals surface area contributed by atoms with Crippen LogP contribution in [-0.4, -0.2) is 11.1 Å². The van der Waals surface area contributed by atoms with Crippen molar-refractivity contribution < 1.29 is 5.11 Å². The number of fused-ring (bicyclic) bond motifs is 2. The Morgan fingerprint density at radius 1 is 1.28 bits per heavy atom. The Labute approximate surface area is 109 Å². The van der Waals surface area contributed by atoms with Gasteiger partial charge in [-0.15, -0.1) is 0 Å². The van der Waals surface area contributed by atoms with E-state index in [2.05, 4.69) is 24.4 Å². The molecule has 0 aromatic heterocycles. The molecule has 2 fully saturated rings. The van der Waals surface area contributed by atoms with Crippen molar-refractivity contribution in [3.05, 3.63) is 29.3 Å². The summed E-state index contributed by atoms with van der Waals surface area (Å²) in [5, 5.41) is 13.8. The smallest absolute Gasteiger partial charge is 0.120 e. The van der Waals surface area contributed by atoms with E-state index in [-0.39, 0.29) is 6.04 Å². The molecular formula is C16H23NO. The van der Waals surface area contributed by atoms with E-state index in [0.29, 0.717) is 11.8 Å². The molecule has 2 heteroatoms. The highest BCUT2D eigenvalue weighted by molar-refractivity contribution is 5.37. The number of hydrogen-bond donors (Lipinski definition) is 2. The number of aryl methyl sites for hydroxylation is 1. The second-order valence-electron chi connectivity index (χ2n) is 6.23. The lowest BCUT2D eigenvalue weighted by Crippen LogP contribution is -2.35. The summed E-state index contributed by atoms with van der Waals surface area (Å²) in [6.45, 7) is 4.17. The summed E-state index contributed by atoms with van der Waals surface area (Å²) >= 11 is 0. The van der Waals surface area contributed by atoms with Crippen molar-refractivity contribution >= 4 is 0 Å². The molecule has 0 amide bonds. The normalized spacial score (nSPS) is 31.8. The molecule has 0 saturated heterocycles. The topological polar surface area (TPSA) is 32.3 Å². The first-order chi connectivity index (χ1) is 8.63. The lowest BCUT2D eigenvalue weighted by molar-refractivity contribution is 0.323. The van der Waals surface area contributed by atoms with Gasteiger partial charge in [-0.05, 0) is 56.6 Å². The van der Waals surface area contributed by atoms with Crippen LogP contribution >= 0.6 is 0 Å². The Balaban J connectivity index is 1.69. The number of nitrogens with one attached hydrogen (secondary N) is 1. The molecule has 2 aliphatic carbocycles. The van der Waals surface area contributed by atoms with Crippen LogP contribution in [0.4, 0.5) is 0 Å². The van der Waals surface area contributed by atoms with Gasteiger partial charge in [-0.1, -0.05) is 18.6 Å². The zero-order chi connectivity index (χ0) is 12.7. The van der Waals surface area contributed by atoms with Gasteiger partial charge in [-0.3, -0.25) is 0 Å². The Bertz CT molecular complexity index is 443. The summed E-state index contributed by atoms with van der Waals surface area (Å²) in [6, 6.07) is 6.90. The average Bonchev–Trinajstić information content (AvgIpc) is 2.90. The minimum Gasteiger partial charge on any atom is -0.508 e. The van der Waals surface area contributed by atoms with Gasteiger partial charge in [0.1, 0.15) is 5.75 Å². The Morgan fingerprint density at radius 2 is 2.11 bits per heavy atom. The van der Waals surface area contributed by atoms with Gasteiger partial charge in [0.2, 0.25) is 0 Å². The van der Waals surface area contributed by atoms with Gasteiger partial charge in [0, 0.05) is 17.6 Å². The van der Waals surface area contributed by atoms with Crippen LogP contribution in [0.25, 0.3) is 0 Å². The summed E-state index contributed by atoms with van der Waals surface area (Å²) in [7, 11) is 0. The fourth-order valence-electron chi connectivity index (χ4n) is 3.88. The molecule has 2 aliphatic rings. The number of phenolic OH excluding ortho intramolecular Hbond substituents is 1. The standard InChI is InChI=1S/C16H23NO/c1-10-3-6-14(16(18)7-10)11(2)17-15-9-12-4-5-13(15)8-12/h3,6-7,11-13,15,17-18H,4-5,8-9H2,1-2H3. The third-order valence-electron chi connectivity index (χ3n) is 4.85. The van der Waals surface area contributed by atoms with Gasteiger partial charge in [-0.25, -0.2) is 0 Å². The molecule has 0 aliphatic heterocycles. The molecule has 2 N–H and O–H groups in total. The van der Waals surface area contributed by atoms with Gasteiger partial charge >= 0.3 is 0 Å². The second kappa shape index (κ2) is 4.58. The number of phenols is 1. The third-order valence-corrected chi connectivity index (χ3v) is 4.85. The van der Waals surface area contributed by atoms with E-state index in [9.17, 15) is 5.11 Å². The zero-order valence-corrected chi connectivity index (χ0v) is 11.3. The van der Waals surface area contributed by atoms with Crippen molar-refractivity contribution in [3.8, 4) is 5.75 Å². The quantitative estimate of drug-likeness (QED) is 0.853. The molecule has 2 bridgehead atoms. The maximum absolute atomic E-state index is 10.0.